The first-order chi connectivity index (χ1) is 10.9. The monoisotopic (exact) mass is 331 g/mol. The number of rotatable bonds is 3. The molecule has 0 fully saturated rings. The summed E-state index contributed by atoms with van der Waals surface area (Å²) in [6.45, 7) is 2.25. The van der Waals surface area contributed by atoms with Gasteiger partial charge in [0.1, 0.15) is 0 Å². The normalized spacial score (nSPS) is 13.7. The van der Waals surface area contributed by atoms with Gasteiger partial charge < -0.3 is 5.32 Å². The highest BCUT2D eigenvalue weighted by molar-refractivity contribution is 7.92. The summed E-state index contributed by atoms with van der Waals surface area (Å²) in [7, 11) is -3.31. The van der Waals surface area contributed by atoms with E-state index in [2.05, 4.69) is 10.3 Å². The molecule has 3 rings (SSSR count). The number of carbonyl (C=O) groups is 1. The van der Waals surface area contributed by atoms with Crippen molar-refractivity contribution in [2.24, 2.45) is 0 Å². The lowest BCUT2D eigenvalue weighted by molar-refractivity contribution is 0.102. The Morgan fingerprint density at radius 3 is 2.70 bits per heavy atom. The van der Waals surface area contributed by atoms with E-state index in [1.807, 2.05) is 6.92 Å². The molecule has 1 amide bonds. The SMILES string of the molecule is Cc1ccc(C(=O)Nc2cccc3c2CCN3S(C)(=O)=O)cn1. The Morgan fingerprint density at radius 1 is 1.26 bits per heavy atom. The third kappa shape index (κ3) is 3.05. The molecule has 6 nitrogen and oxygen atoms in total. The first-order valence-electron chi connectivity index (χ1n) is 7.20. The van der Waals surface area contributed by atoms with Crippen molar-refractivity contribution in [2.75, 3.05) is 22.4 Å². The second-order valence-electron chi connectivity index (χ2n) is 5.53. The second kappa shape index (κ2) is 5.66. The minimum Gasteiger partial charge on any atom is -0.322 e. The molecule has 0 saturated heterocycles. The number of carbonyl (C=O) groups excluding carboxylic acids is 1. The summed E-state index contributed by atoms with van der Waals surface area (Å²) in [5.41, 5.74) is 3.41. The van der Waals surface area contributed by atoms with Gasteiger partial charge in [0.05, 0.1) is 17.5 Å². The molecule has 0 atom stereocenters. The summed E-state index contributed by atoms with van der Waals surface area (Å²) in [6, 6.07) is 8.77. The Balaban J connectivity index is 1.89. The van der Waals surface area contributed by atoms with Crippen molar-refractivity contribution in [1.29, 1.82) is 0 Å². The molecule has 0 spiro atoms. The molecule has 1 aliphatic rings. The van der Waals surface area contributed by atoms with Crippen LogP contribution in [0.3, 0.4) is 0 Å². The summed E-state index contributed by atoms with van der Waals surface area (Å²) in [5.74, 6) is -0.260. The van der Waals surface area contributed by atoms with Crippen LogP contribution in [0.4, 0.5) is 11.4 Å². The highest BCUT2D eigenvalue weighted by Crippen LogP contribution is 2.35. The van der Waals surface area contributed by atoms with Gasteiger partial charge in [-0.2, -0.15) is 0 Å². The number of anilines is 2. The van der Waals surface area contributed by atoms with Gasteiger partial charge in [-0.05, 0) is 37.6 Å². The van der Waals surface area contributed by atoms with Crippen molar-refractivity contribution in [3.05, 3.63) is 53.3 Å². The van der Waals surface area contributed by atoms with E-state index in [9.17, 15) is 13.2 Å². The molecule has 0 aliphatic carbocycles. The van der Waals surface area contributed by atoms with Crippen molar-refractivity contribution >= 4 is 27.3 Å². The molecule has 2 aromatic rings. The average molecular weight is 331 g/mol. The fourth-order valence-corrected chi connectivity index (χ4v) is 3.61. The zero-order valence-electron chi connectivity index (χ0n) is 12.9. The number of amides is 1. The Bertz CT molecular complexity index is 861. The zero-order chi connectivity index (χ0) is 16.6. The summed E-state index contributed by atoms with van der Waals surface area (Å²) in [6.07, 6.45) is 3.28. The molecule has 23 heavy (non-hydrogen) atoms. The lowest BCUT2D eigenvalue weighted by atomic mass is 10.1. The maximum atomic E-state index is 12.3. The minimum absolute atomic E-state index is 0.260. The highest BCUT2D eigenvalue weighted by Gasteiger charge is 2.28. The molecule has 1 aromatic carbocycles. The minimum atomic E-state index is -3.31. The summed E-state index contributed by atoms with van der Waals surface area (Å²) < 4.78 is 25.0. The number of pyridine rings is 1. The molecule has 1 aromatic heterocycles. The lowest BCUT2D eigenvalue weighted by Gasteiger charge is -2.17. The first-order valence-corrected chi connectivity index (χ1v) is 9.05. The van der Waals surface area contributed by atoms with Crippen molar-refractivity contribution < 1.29 is 13.2 Å². The van der Waals surface area contributed by atoms with Gasteiger partial charge in [0.15, 0.2) is 0 Å². The van der Waals surface area contributed by atoms with E-state index < -0.39 is 10.0 Å². The number of aromatic nitrogens is 1. The predicted octanol–water partition coefficient (Wildman–Crippen LogP) is 1.96. The van der Waals surface area contributed by atoms with Crippen LogP contribution < -0.4 is 9.62 Å². The van der Waals surface area contributed by atoms with Crippen LogP contribution in [-0.2, 0) is 16.4 Å². The zero-order valence-corrected chi connectivity index (χ0v) is 13.7. The van der Waals surface area contributed by atoms with Crippen LogP contribution in [0.5, 0.6) is 0 Å². The molecule has 0 unspecified atom stereocenters. The van der Waals surface area contributed by atoms with Crippen molar-refractivity contribution in [3.63, 3.8) is 0 Å². The maximum absolute atomic E-state index is 12.3. The van der Waals surface area contributed by atoms with Gasteiger partial charge in [-0.15, -0.1) is 0 Å². The molecule has 0 bridgehead atoms. The molecular formula is C16H17N3O3S. The second-order valence-corrected chi connectivity index (χ2v) is 7.44. The Morgan fingerprint density at radius 2 is 2.04 bits per heavy atom. The highest BCUT2D eigenvalue weighted by atomic mass is 32.2. The number of nitrogens with zero attached hydrogens (tertiary/aromatic N) is 2. The van der Waals surface area contributed by atoms with Gasteiger partial charge in [-0.3, -0.25) is 14.1 Å². The molecular weight excluding hydrogens is 314 g/mol. The molecule has 120 valence electrons. The Kier molecular flexibility index (Phi) is 3.81. The predicted molar refractivity (Wildman–Crippen MR) is 89.3 cm³/mol. The number of sulfonamides is 1. The fourth-order valence-electron chi connectivity index (χ4n) is 2.66. The number of fused-ring (bicyclic) bond motifs is 1. The molecule has 1 aliphatic heterocycles. The lowest BCUT2D eigenvalue weighted by Crippen LogP contribution is -2.27. The van der Waals surface area contributed by atoms with Crippen molar-refractivity contribution in [1.82, 2.24) is 4.98 Å². The van der Waals surface area contributed by atoms with E-state index in [1.165, 1.54) is 16.8 Å². The number of benzene rings is 1. The van der Waals surface area contributed by atoms with Gasteiger partial charge >= 0.3 is 0 Å². The van der Waals surface area contributed by atoms with Gasteiger partial charge in [0.2, 0.25) is 10.0 Å². The van der Waals surface area contributed by atoms with Crippen LogP contribution in [0.15, 0.2) is 36.5 Å². The van der Waals surface area contributed by atoms with Gasteiger partial charge in [0.25, 0.3) is 5.91 Å². The Hall–Kier alpha value is -2.41. The van der Waals surface area contributed by atoms with Crippen LogP contribution >= 0.6 is 0 Å². The van der Waals surface area contributed by atoms with Crippen LogP contribution in [0.2, 0.25) is 0 Å². The maximum Gasteiger partial charge on any atom is 0.257 e. The van der Waals surface area contributed by atoms with Crippen molar-refractivity contribution in [2.45, 2.75) is 13.3 Å². The quantitative estimate of drug-likeness (QED) is 0.932. The van der Waals surface area contributed by atoms with E-state index in [1.54, 1.807) is 30.3 Å². The number of nitrogens with one attached hydrogen (secondary N) is 1. The van der Waals surface area contributed by atoms with Crippen LogP contribution in [-0.4, -0.2) is 32.1 Å². The topological polar surface area (TPSA) is 79.4 Å². The molecule has 0 saturated carbocycles. The third-order valence-corrected chi connectivity index (χ3v) is 4.99. The average Bonchev–Trinajstić information content (AvgIpc) is 2.93. The smallest absolute Gasteiger partial charge is 0.257 e. The standard InChI is InChI=1S/C16H17N3O3S/c1-11-6-7-12(10-17-11)16(20)18-14-4-3-5-15-13(14)8-9-19(15)23(2,21)22/h3-7,10H,8-9H2,1-2H3,(H,18,20). The van der Waals surface area contributed by atoms with E-state index in [0.29, 0.717) is 29.9 Å². The Labute approximate surface area is 135 Å². The van der Waals surface area contributed by atoms with Gasteiger partial charge in [-0.1, -0.05) is 6.07 Å². The summed E-state index contributed by atoms with van der Waals surface area (Å²) >= 11 is 0. The van der Waals surface area contributed by atoms with Crippen molar-refractivity contribution in [3.8, 4) is 0 Å². The van der Waals surface area contributed by atoms with E-state index in [-0.39, 0.29) is 5.91 Å². The van der Waals surface area contributed by atoms with Gasteiger partial charge in [-0.25, -0.2) is 8.42 Å². The van der Waals surface area contributed by atoms with E-state index in [0.717, 1.165) is 11.3 Å². The molecule has 1 N–H and O–H groups in total. The summed E-state index contributed by atoms with van der Waals surface area (Å²) in [4.78, 5) is 16.4. The third-order valence-electron chi connectivity index (χ3n) is 3.81. The van der Waals surface area contributed by atoms with Crippen LogP contribution in [0, 0.1) is 6.92 Å². The number of hydrogen-bond acceptors (Lipinski definition) is 4. The summed E-state index contributed by atoms with van der Waals surface area (Å²) in [5, 5.41) is 2.85. The first kappa shape index (κ1) is 15.5. The molecule has 0 radical (unpaired) electrons. The van der Waals surface area contributed by atoms with E-state index >= 15 is 0 Å². The number of hydrogen-bond donors (Lipinski definition) is 1. The largest absolute Gasteiger partial charge is 0.322 e. The van der Waals surface area contributed by atoms with Crippen LogP contribution in [0.25, 0.3) is 0 Å². The van der Waals surface area contributed by atoms with Gasteiger partial charge in [0, 0.05) is 29.7 Å². The fraction of sp³-hybridized carbons (Fsp3) is 0.250. The van der Waals surface area contributed by atoms with Crippen LogP contribution in [0.1, 0.15) is 21.6 Å². The van der Waals surface area contributed by atoms with E-state index in [4.69, 9.17) is 0 Å². The molecule has 2 heterocycles. The molecule has 7 heteroatoms. The number of aryl methyl sites for hydroxylation is 1.